The van der Waals surface area contributed by atoms with Gasteiger partial charge in [-0.2, -0.15) is 0 Å². The lowest BCUT2D eigenvalue weighted by Gasteiger charge is -2.28. The lowest BCUT2D eigenvalue weighted by Crippen LogP contribution is -2.54. The molecule has 0 saturated carbocycles. The van der Waals surface area contributed by atoms with Crippen LogP contribution in [0.15, 0.2) is 50.9 Å². The van der Waals surface area contributed by atoms with Gasteiger partial charge in [-0.15, -0.1) is 0 Å². The summed E-state index contributed by atoms with van der Waals surface area (Å²) in [7, 11) is 0. The molecule has 23 heavy (non-hydrogen) atoms. The normalized spacial score (nSPS) is 16.9. The minimum Gasteiger partial charge on any atom is -0.451 e. The minimum absolute atomic E-state index is 0.0349. The van der Waals surface area contributed by atoms with Crippen molar-refractivity contribution in [3.63, 3.8) is 0 Å². The van der Waals surface area contributed by atoms with E-state index in [9.17, 15) is 9.59 Å². The molecule has 0 spiro atoms. The zero-order valence-electron chi connectivity index (χ0n) is 11.4. The SMILES string of the molecule is O=C1NC(=S)N(c2ccc(Br)cc2)C(=O)/C1=C/c1ccc(I)o1. The molecular weight excluding hydrogens is 495 g/mol. The predicted octanol–water partition coefficient (Wildman–Crippen LogP) is 3.48. The Morgan fingerprint density at radius 2 is 1.87 bits per heavy atom. The van der Waals surface area contributed by atoms with Crippen LogP contribution in [-0.4, -0.2) is 16.9 Å². The fraction of sp³-hybridized carbons (Fsp3) is 0. The number of carbonyl (C=O) groups is 2. The molecule has 2 amide bonds. The standard InChI is InChI=1S/C15H8BrIN2O3S/c16-8-1-3-9(4-2-8)19-14(21)11(13(20)18-15(19)23)7-10-5-6-12(17)22-10/h1-7H,(H,18,20,23)/b11-7+. The highest BCUT2D eigenvalue weighted by Crippen LogP contribution is 2.24. The molecule has 0 bridgehead atoms. The number of thiocarbonyl (C=S) groups is 1. The Kier molecular flexibility index (Phi) is 4.64. The van der Waals surface area contributed by atoms with Crippen molar-refractivity contribution in [2.45, 2.75) is 0 Å². The summed E-state index contributed by atoms with van der Waals surface area (Å²) in [6.45, 7) is 0. The van der Waals surface area contributed by atoms with E-state index in [1.54, 1.807) is 36.4 Å². The van der Waals surface area contributed by atoms with Crippen LogP contribution < -0.4 is 10.2 Å². The van der Waals surface area contributed by atoms with Crippen molar-refractivity contribution in [3.05, 3.63) is 56.0 Å². The first kappa shape index (κ1) is 16.3. The second-order valence-electron chi connectivity index (χ2n) is 4.58. The Morgan fingerprint density at radius 1 is 1.17 bits per heavy atom. The molecule has 5 nitrogen and oxygen atoms in total. The summed E-state index contributed by atoms with van der Waals surface area (Å²) < 4.78 is 6.93. The number of hydrogen-bond donors (Lipinski definition) is 1. The summed E-state index contributed by atoms with van der Waals surface area (Å²) in [6, 6.07) is 10.5. The monoisotopic (exact) mass is 502 g/mol. The van der Waals surface area contributed by atoms with Crippen LogP contribution in [0.4, 0.5) is 5.69 Å². The molecule has 3 rings (SSSR count). The topological polar surface area (TPSA) is 62.6 Å². The molecule has 0 atom stereocenters. The molecule has 116 valence electrons. The molecular formula is C15H8BrIN2O3S. The Balaban J connectivity index is 2.00. The van der Waals surface area contributed by atoms with Crippen molar-refractivity contribution in [3.8, 4) is 0 Å². The molecule has 1 saturated heterocycles. The van der Waals surface area contributed by atoms with E-state index in [0.717, 1.165) is 4.47 Å². The first-order valence-corrected chi connectivity index (χ1v) is 8.66. The second-order valence-corrected chi connectivity index (χ2v) is 6.94. The van der Waals surface area contributed by atoms with Gasteiger partial charge in [0.15, 0.2) is 8.88 Å². The van der Waals surface area contributed by atoms with E-state index >= 15 is 0 Å². The lowest BCUT2D eigenvalue weighted by molar-refractivity contribution is -0.122. The quantitative estimate of drug-likeness (QED) is 0.295. The summed E-state index contributed by atoms with van der Waals surface area (Å²) in [5, 5.41) is 2.57. The third-order valence-electron chi connectivity index (χ3n) is 3.07. The maximum Gasteiger partial charge on any atom is 0.270 e. The van der Waals surface area contributed by atoms with Crippen molar-refractivity contribution in [1.82, 2.24) is 5.32 Å². The van der Waals surface area contributed by atoms with E-state index in [4.69, 9.17) is 16.6 Å². The van der Waals surface area contributed by atoms with E-state index in [2.05, 4.69) is 21.2 Å². The summed E-state index contributed by atoms with van der Waals surface area (Å²) in [6.07, 6.45) is 1.41. The van der Waals surface area contributed by atoms with Gasteiger partial charge in [0.05, 0.1) is 5.69 Å². The second kappa shape index (κ2) is 6.54. The smallest absolute Gasteiger partial charge is 0.270 e. The van der Waals surface area contributed by atoms with Gasteiger partial charge >= 0.3 is 0 Å². The van der Waals surface area contributed by atoms with Crippen LogP contribution in [0.1, 0.15) is 5.76 Å². The molecule has 0 unspecified atom stereocenters. The van der Waals surface area contributed by atoms with Gasteiger partial charge in [0.25, 0.3) is 11.8 Å². The van der Waals surface area contributed by atoms with Gasteiger partial charge in [-0.3, -0.25) is 19.8 Å². The van der Waals surface area contributed by atoms with Crippen molar-refractivity contribution in [2.24, 2.45) is 0 Å². The van der Waals surface area contributed by atoms with Crippen LogP contribution in [0.3, 0.4) is 0 Å². The molecule has 0 aliphatic carbocycles. The summed E-state index contributed by atoms with van der Waals surface area (Å²) in [4.78, 5) is 26.1. The maximum atomic E-state index is 12.7. The summed E-state index contributed by atoms with van der Waals surface area (Å²) >= 11 is 10.5. The van der Waals surface area contributed by atoms with Crippen LogP contribution in [0, 0.1) is 3.77 Å². The molecule has 1 fully saturated rings. The number of nitrogens with one attached hydrogen (secondary N) is 1. The van der Waals surface area contributed by atoms with Crippen LogP contribution in [0.5, 0.6) is 0 Å². The fourth-order valence-electron chi connectivity index (χ4n) is 2.03. The maximum absolute atomic E-state index is 12.7. The average Bonchev–Trinajstić information content (AvgIpc) is 2.91. The average molecular weight is 503 g/mol. The molecule has 1 aliphatic heterocycles. The van der Waals surface area contributed by atoms with Gasteiger partial charge in [-0.25, -0.2) is 0 Å². The molecule has 2 aromatic rings. The number of benzene rings is 1. The molecule has 2 heterocycles. The van der Waals surface area contributed by atoms with Gasteiger partial charge < -0.3 is 4.42 Å². The van der Waals surface area contributed by atoms with Gasteiger partial charge in [-0.05, 0) is 77.3 Å². The number of nitrogens with zero attached hydrogens (tertiary/aromatic N) is 1. The Labute approximate surface area is 159 Å². The number of anilines is 1. The van der Waals surface area contributed by atoms with Gasteiger partial charge in [0, 0.05) is 4.47 Å². The Bertz CT molecular complexity index is 845. The highest BCUT2D eigenvalue weighted by molar-refractivity contribution is 14.1. The molecule has 1 aromatic carbocycles. The highest BCUT2D eigenvalue weighted by Gasteiger charge is 2.34. The zero-order chi connectivity index (χ0) is 16.6. The first-order valence-electron chi connectivity index (χ1n) is 6.38. The number of furan rings is 1. The summed E-state index contributed by atoms with van der Waals surface area (Å²) in [5.74, 6) is -0.608. The van der Waals surface area contributed by atoms with Crippen LogP contribution in [0.2, 0.25) is 0 Å². The molecule has 1 aliphatic rings. The molecule has 0 radical (unpaired) electrons. The molecule has 8 heteroatoms. The molecule has 1 N–H and O–H groups in total. The van der Waals surface area contributed by atoms with E-state index in [1.807, 2.05) is 22.6 Å². The first-order chi connectivity index (χ1) is 11.0. The van der Waals surface area contributed by atoms with Crippen molar-refractivity contribution in [2.75, 3.05) is 4.90 Å². The van der Waals surface area contributed by atoms with Gasteiger partial charge in [-0.1, -0.05) is 15.9 Å². The third-order valence-corrected chi connectivity index (χ3v) is 4.46. The van der Waals surface area contributed by atoms with E-state index in [1.165, 1.54) is 11.0 Å². The van der Waals surface area contributed by atoms with E-state index in [0.29, 0.717) is 15.2 Å². The molecule has 1 aromatic heterocycles. The third kappa shape index (κ3) is 3.38. The van der Waals surface area contributed by atoms with E-state index < -0.39 is 11.8 Å². The van der Waals surface area contributed by atoms with Crippen LogP contribution >= 0.6 is 50.7 Å². The zero-order valence-corrected chi connectivity index (χ0v) is 15.9. The van der Waals surface area contributed by atoms with Gasteiger partial charge in [0.2, 0.25) is 0 Å². The summed E-state index contributed by atoms with van der Waals surface area (Å²) in [5.41, 5.74) is 0.537. The highest BCUT2D eigenvalue weighted by atomic mass is 127. The van der Waals surface area contributed by atoms with Crippen LogP contribution in [-0.2, 0) is 9.59 Å². The number of halogens is 2. The predicted molar refractivity (Wildman–Crippen MR) is 102 cm³/mol. The van der Waals surface area contributed by atoms with E-state index in [-0.39, 0.29) is 10.7 Å². The Morgan fingerprint density at radius 3 is 2.48 bits per heavy atom. The Hall–Kier alpha value is -1.52. The number of hydrogen-bond acceptors (Lipinski definition) is 4. The largest absolute Gasteiger partial charge is 0.451 e. The fourth-order valence-corrected chi connectivity index (χ4v) is 3.01. The minimum atomic E-state index is -0.542. The van der Waals surface area contributed by atoms with Crippen molar-refractivity contribution >= 4 is 79.4 Å². The van der Waals surface area contributed by atoms with Crippen LogP contribution in [0.25, 0.3) is 6.08 Å². The lowest BCUT2D eigenvalue weighted by atomic mass is 10.1. The number of rotatable bonds is 2. The van der Waals surface area contributed by atoms with Crippen molar-refractivity contribution in [1.29, 1.82) is 0 Å². The van der Waals surface area contributed by atoms with Crippen molar-refractivity contribution < 1.29 is 14.0 Å². The number of amides is 2. The number of carbonyl (C=O) groups excluding carboxylic acids is 2. The van der Waals surface area contributed by atoms with Gasteiger partial charge in [0.1, 0.15) is 11.3 Å².